The molecule has 2 heterocycles. The van der Waals surface area contributed by atoms with Crippen LogP contribution in [0.5, 0.6) is 6.01 Å². The van der Waals surface area contributed by atoms with Gasteiger partial charge in [0, 0.05) is 18.9 Å². The second-order valence-corrected chi connectivity index (χ2v) is 7.96. The van der Waals surface area contributed by atoms with Crippen LogP contribution in [-0.4, -0.2) is 41.9 Å². The number of piperidine rings is 1. The smallest absolute Gasteiger partial charge is 0.316 e. The molecule has 1 aromatic heterocycles. The molecule has 128 valence electrons. The van der Waals surface area contributed by atoms with Crippen molar-refractivity contribution >= 4 is 10.0 Å². The molecule has 7 heteroatoms. The Bertz CT molecular complexity index is 809. The van der Waals surface area contributed by atoms with Crippen molar-refractivity contribution in [2.45, 2.75) is 37.7 Å². The van der Waals surface area contributed by atoms with E-state index in [4.69, 9.17) is 4.74 Å². The summed E-state index contributed by atoms with van der Waals surface area (Å²) in [5.74, 6) is 0. The van der Waals surface area contributed by atoms with Crippen LogP contribution in [0.15, 0.2) is 41.6 Å². The average Bonchev–Trinajstić information content (AvgIpc) is 2.58. The van der Waals surface area contributed by atoms with Gasteiger partial charge in [0.05, 0.1) is 11.4 Å². The first-order chi connectivity index (χ1) is 11.5. The van der Waals surface area contributed by atoms with Gasteiger partial charge < -0.3 is 4.74 Å². The molecule has 1 unspecified atom stereocenters. The SMILES string of the molecule is Cc1ccc(S(=O)(=O)N2CCCC(Oc3ncccn3)C2)cc1C. The highest BCUT2D eigenvalue weighted by Crippen LogP contribution is 2.24. The monoisotopic (exact) mass is 347 g/mol. The molecule has 6 nitrogen and oxygen atoms in total. The number of aromatic nitrogens is 2. The minimum absolute atomic E-state index is 0.234. The number of sulfonamides is 1. The standard InChI is InChI=1S/C17H21N3O3S/c1-13-6-7-16(11-14(13)2)24(21,22)20-10-3-5-15(12-20)23-17-18-8-4-9-19-17/h4,6-9,11,15H,3,5,10,12H2,1-2H3. The molecular formula is C17H21N3O3S. The lowest BCUT2D eigenvalue weighted by Gasteiger charge is -2.31. The van der Waals surface area contributed by atoms with E-state index in [1.165, 1.54) is 4.31 Å². The average molecular weight is 347 g/mol. The number of aryl methyl sites for hydroxylation is 2. The molecule has 0 radical (unpaired) electrons. The zero-order valence-electron chi connectivity index (χ0n) is 13.8. The molecule has 0 spiro atoms. The van der Waals surface area contributed by atoms with Gasteiger partial charge in [-0.3, -0.25) is 0 Å². The maximum absolute atomic E-state index is 12.9. The van der Waals surface area contributed by atoms with Gasteiger partial charge in [-0.15, -0.1) is 0 Å². The fourth-order valence-electron chi connectivity index (χ4n) is 2.74. The van der Waals surface area contributed by atoms with Gasteiger partial charge in [0.2, 0.25) is 10.0 Å². The van der Waals surface area contributed by atoms with Crippen LogP contribution in [0.1, 0.15) is 24.0 Å². The highest BCUT2D eigenvalue weighted by atomic mass is 32.2. The molecule has 1 fully saturated rings. The third-order valence-electron chi connectivity index (χ3n) is 4.27. The van der Waals surface area contributed by atoms with Crippen LogP contribution < -0.4 is 4.74 Å². The van der Waals surface area contributed by atoms with E-state index >= 15 is 0 Å². The molecule has 24 heavy (non-hydrogen) atoms. The molecule has 0 N–H and O–H groups in total. The first kappa shape index (κ1) is 16.9. The maximum atomic E-state index is 12.9. The predicted molar refractivity (Wildman–Crippen MR) is 90.4 cm³/mol. The molecule has 0 aliphatic carbocycles. The number of hydrogen-bond acceptors (Lipinski definition) is 5. The summed E-state index contributed by atoms with van der Waals surface area (Å²) >= 11 is 0. The summed E-state index contributed by atoms with van der Waals surface area (Å²) in [7, 11) is -3.51. The Labute approximate surface area is 142 Å². The van der Waals surface area contributed by atoms with Crippen molar-refractivity contribution in [1.82, 2.24) is 14.3 Å². The number of hydrogen-bond donors (Lipinski definition) is 0. The van der Waals surface area contributed by atoms with Gasteiger partial charge in [0.25, 0.3) is 0 Å². The second kappa shape index (κ2) is 6.86. The molecule has 1 aliphatic heterocycles. The predicted octanol–water partition coefficient (Wildman–Crippen LogP) is 2.33. The normalized spacial score (nSPS) is 19.2. The minimum atomic E-state index is -3.51. The number of ether oxygens (including phenoxy) is 1. The summed E-state index contributed by atoms with van der Waals surface area (Å²) in [5, 5.41) is 0. The largest absolute Gasteiger partial charge is 0.459 e. The zero-order chi connectivity index (χ0) is 17.2. The first-order valence-electron chi connectivity index (χ1n) is 7.98. The summed E-state index contributed by atoms with van der Waals surface area (Å²) in [4.78, 5) is 8.41. The van der Waals surface area contributed by atoms with Crippen LogP contribution in [0.3, 0.4) is 0 Å². The van der Waals surface area contributed by atoms with Crippen molar-refractivity contribution in [3.63, 3.8) is 0 Å². The van der Waals surface area contributed by atoms with Crippen molar-refractivity contribution in [2.75, 3.05) is 13.1 Å². The van der Waals surface area contributed by atoms with E-state index in [1.807, 2.05) is 19.9 Å². The van der Waals surface area contributed by atoms with Gasteiger partial charge >= 0.3 is 6.01 Å². The Morgan fingerprint density at radius 3 is 2.62 bits per heavy atom. The molecule has 1 atom stereocenters. The first-order valence-corrected chi connectivity index (χ1v) is 9.42. The van der Waals surface area contributed by atoms with Crippen LogP contribution in [0.2, 0.25) is 0 Å². The van der Waals surface area contributed by atoms with Gasteiger partial charge in [0.15, 0.2) is 0 Å². The molecular weight excluding hydrogens is 326 g/mol. The highest BCUT2D eigenvalue weighted by Gasteiger charge is 2.31. The minimum Gasteiger partial charge on any atom is -0.459 e. The molecule has 0 saturated carbocycles. The van der Waals surface area contributed by atoms with Gasteiger partial charge in [-0.2, -0.15) is 4.31 Å². The van der Waals surface area contributed by atoms with E-state index in [0.29, 0.717) is 18.0 Å². The van der Waals surface area contributed by atoms with Crippen LogP contribution in [0, 0.1) is 13.8 Å². The number of nitrogens with zero attached hydrogens (tertiary/aromatic N) is 3. The molecule has 0 bridgehead atoms. The summed E-state index contributed by atoms with van der Waals surface area (Å²) < 4.78 is 33.0. The molecule has 2 aromatic rings. The van der Waals surface area contributed by atoms with E-state index in [2.05, 4.69) is 9.97 Å². The van der Waals surface area contributed by atoms with Crippen molar-refractivity contribution in [1.29, 1.82) is 0 Å². The van der Waals surface area contributed by atoms with Crippen LogP contribution in [0.25, 0.3) is 0 Å². The van der Waals surface area contributed by atoms with E-state index in [9.17, 15) is 8.42 Å². The fourth-order valence-corrected chi connectivity index (χ4v) is 4.33. The zero-order valence-corrected chi connectivity index (χ0v) is 14.7. The number of rotatable bonds is 4. The highest BCUT2D eigenvalue weighted by molar-refractivity contribution is 7.89. The summed E-state index contributed by atoms with van der Waals surface area (Å²) in [6.07, 6.45) is 4.52. The van der Waals surface area contributed by atoms with Crippen molar-refractivity contribution in [3.8, 4) is 6.01 Å². The van der Waals surface area contributed by atoms with Crippen LogP contribution in [-0.2, 0) is 10.0 Å². The lowest BCUT2D eigenvalue weighted by atomic mass is 10.1. The quantitative estimate of drug-likeness (QED) is 0.849. The van der Waals surface area contributed by atoms with E-state index in [0.717, 1.165) is 24.0 Å². The Hall–Kier alpha value is -1.99. The molecule has 1 aliphatic rings. The Kier molecular flexibility index (Phi) is 4.82. The van der Waals surface area contributed by atoms with Gasteiger partial charge in [-0.25, -0.2) is 18.4 Å². The maximum Gasteiger partial charge on any atom is 0.316 e. The van der Waals surface area contributed by atoms with Gasteiger partial charge in [-0.1, -0.05) is 6.07 Å². The van der Waals surface area contributed by atoms with Gasteiger partial charge in [0.1, 0.15) is 6.10 Å². The lowest BCUT2D eigenvalue weighted by Crippen LogP contribution is -2.44. The fraction of sp³-hybridized carbons (Fsp3) is 0.412. The molecule has 0 amide bonds. The van der Waals surface area contributed by atoms with Crippen molar-refractivity contribution in [2.24, 2.45) is 0 Å². The topological polar surface area (TPSA) is 72.4 Å². The van der Waals surface area contributed by atoms with E-state index < -0.39 is 10.0 Å². The van der Waals surface area contributed by atoms with Crippen LogP contribution >= 0.6 is 0 Å². The van der Waals surface area contributed by atoms with Crippen LogP contribution in [0.4, 0.5) is 0 Å². The van der Waals surface area contributed by atoms with Crippen molar-refractivity contribution in [3.05, 3.63) is 47.8 Å². The Balaban J connectivity index is 1.77. The molecule has 3 rings (SSSR count). The second-order valence-electron chi connectivity index (χ2n) is 6.02. The van der Waals surface area contributed by atoms with Gasteiger partial charge in [-0.05, 0) is 56.0 Å². The number of benzene rings is 1. The molecule has 1 saturated heterocycles. The summed E-state index contributed by atoms with van der Waals surface area (Å²) in [6.45, 7) is 4.71. The van der Waals surface area contributed by atoms with E-state index in [1.54, 1.807) is 30.6 Å². The third kappa shape index (κ3) is 3.57. The summed E-state index contributed by atoms with van der Waals surface area (Å²) in [5.41, 5.74) is 2.05. The van der Waals surface area contributed by atoms with E-state index in [-0.39, 0.29) is 12.1 Å². The van der Waals surface area contributed by atoms with Crippen molar-refractivity contribution < 1.29 is 13.2 Å². The molecule has 1 aromatic carbocycles. The third-order valence-corrected chi connectivity index (χ3v) is 6.13. The summed E-state index contributed by atoms with van der Waals surface area (Å²) in [6, 6.07) is 7.24. The lowest BCUT2D eigenvalue weighted by molar-refractivity contribution is 0.119. The Morgan fingerprint density at radius 1 is 1.17 bits per heavy atom. The Morgan fingerprint density at radius 2 is 1.92 bits per heavy atom.